The topological polar surface area (TPSA) is 81.4 Å². The Morgan fingerprint density at radius 1 is 1.22 bits per heavy atom. The molecule has 2 rings (SSSR count). The largest absolute Gasteiger partial charge is 0.462 e. The summed E-state index contributed by atoms with van der Waals surface area (Å²) >= 11 is 0. The van der Waals surface area contributed by atoms with Gasteiger partial charge in [0, 0.05) is 17.7 Å². The smallest absolute Gasteiger partial charge is 0.338 e. The first kappa shape index (κ1) is 16.7. The summed E-state index contributed by atoms with van der Waals surface area (Å²) in [5, 5.41) is 6.67. The quantitative estimate of drug-likeness (QED) is 0.828. The second kappa shape index (κ2) is 7.58. The number of carbonyl (C=O) groups excluding carboxylic acids is 2. The lowest BCUT2D eigenvalue weighted by molar-refractivity contribution is -0.116. The van der Waals surface area contributed by atoms with Crippen molar-refractivity contribution in [3.63, 3.8) is 0 Å². The van der Waals surface area contributed by atoms with Crippen molar-refractivity contribution in [2.24, 2.45) is 0 Å². The Kier molecular flexibility index (Phi) is 5.51. The molecule has 0 atom stereocenters. The maximum atomic E-state index is 12.0. The highest BCUT2D eigenvalue weighted by Crippen LogP contribution is 2.15. The highest BCUT2D eigenvalue weighted by atomic mass is 16.5. The van der Waals surface area contributed by atoms with Gasteiger partial charge in [-0.05, 0) is 51.5 Å². The van der Waals surface area contributed by atoms with Gasteiger partial charge in [-0.15, -0.1) is 0 Å². The minimum Gasteiger partial charge on any atom is -0.462 e. The minimum absolute atomic E-state index is 0.103. The molecule has 2 aromatic rings. The van der Waals surface area contributed by atoms with Crippen LogP contribution in [0.3, 0.4) is 0 Å². The van der Waals surface area contributed by atoms with Crippen molar-refractivity contribution in [3.05, 3.63) is 46.8 Å². The second-order valence-electron chi connectivity index (χ2n) is 5.15. The third kappa shape index (κ3) is 4.42. The number of ether oxygens (including phenoxy) is 1. The summed E-state index contributed by atoms with van der Waals surface area (Å²) in [5.41, 5.74) is 2.88. The van der Waals surface area contributed by atoms with E-state index in [1.165, 1.54) is 0 Å². The van der Waals surface area contributed by atoms with E-state index >= 15 is 0 Å². The standard InChI is InChI=1S/C17H20N2O4/c1-4-22-17(21)13-5-7-14(8-6-13)18-16(20)10-9-15-11(2)19-23-12(15)3/h5-8H,4,9-10H2,1-3H3,(H,18,20). The molecule has 1 aromatic heterocycles. The highest BCUT2D eigenvalue weighted by molar-refractivity contribution is 5.93. The first-order chi connectivity index (χ1) is 11.0. The Labute approximate surface area is 134 Å². The molecular weight excluding hydrogens is 296 g/mol. The summed E-state index contributed by atoms with van der Waals surface area (Å²) in [6.45, 7) is 5.78. The van der Waals surface area contributed by atoms with Crippen LogP contribution in [0.4, 0.5) is 5.69 Å². The molecular formula is C17H20N2O4. The normalized spacial score (nSPS) is 10.4. The summed E-state index contributed by atoms with van der Waals surface area (Å²) < 4.78 is 9.99. The molecule has 23 heavy (non-hydrogen) atoms. The number of hydrogen-bond acceptors (Lipinski definition) is 5. The van der Waals surface area contributed by atoms with Crippen molar-refractivity contribution in [1.82, 2.24) is 5.16 Å². The van der Waals surface area contributed by atoms with E-state index in [2.05, 4.69) is 10.5 Å². The Morgan fingerprint density at radius 3 is 2.48 bits per heavy atom. The summed E-state index contributed by atoms with van der Waals surface area (Å²) in [6.07, 6.45) is 0.913. The predicted octanol–water partition coefficient (Wildman–Crippen LogP) is 3.04. The molecule has 0 saturated heterocycles. The zero-order chi connectivity index (χ0) is 16.8. The van der Waals surface area contributed by atoms with Crippen molar-refractivity contribution in [2.75, 3.05) is 11.9 Å². The molecule has 0 fully saturated rings. The van der Waals surface area contributed by atoms with Gasteiger partial charge in [0.25, 0.3) is 0 Å². The lowest BCUT2D eigenvalue weighted by Crippen LogP contribution is -2.13. The number of anilines is 1. The van der Waals surface area contributed by atoms with Gasteiger partial charge in [0.05, 0.1) is 17.9 Å². The number of rotatable bonds is 6. The Bertz CT molecular complexity index is 670. The van der Waals surface area contributed by atoms with Crippen LogP contribution in [0.15, 0.2) is 28.8 Å². The van der Waals surface area contributed by atoms with E-state index < -0.39 is 0 Å². The van der Waals surface area contributed by atoms with Crippen molar-refractivity contribution in [1.29, 1.82) is 0 Å². The Morgan fingerprint density at radius 2 is 1.91 bits per heavy atom. The molecule has 1 amide bonds. The molecule has 0 aliphatic heterocycles. The average molecular weight is 316 g/mol. The molecule has 0 aliphatic carbocycles. The van der Waals surface area contributed by atoms with Crippen LogP contribution in [0, 0.1) is 13.8 Å². The van der Waals surface area contributed by atoms with E-state index in [0.717, 1.165) is 17.0 Å². The van der Waals surface area contributed by atoms with Gasteiger partial charge in [0.1, 0.15) is 5.76 Å². The lowest BCUT2D eigenvalue weighted by atomic mass is 10.1. The number of nitrogens with one attached hydrogen (secondary N) is 1. The van der Waals surface area contributed by atoms with E-state index in [1.807, 2.05) is 13.8 Å². The molecule has 1 N–H and O–H groups in total. The van der Waals surface area contributed by atoms with E-state index in [4.69, 9.17) is 9.26 Å². The average Bonchev–Trinajstić information content (AvgIpc) is 2.85. The van der Waals surface area contributed by atoms with Gasteiger partial charge < -0.3 is 14.6 Å². The van der Waals surface area contributed by atoms with Crippen molar-refractivity contribution >= 4 is 17.6 Å². The first-order valence-corrected chi connectivity index (χ1v) is 7.50. The number of aromatic nitrogens is 1. The van der Waals surface area contributed by atoms with Crippen LogP contribution in [-0.2, 0) is 16.0 Å². The van der Waals surface area contributed by atoms with Crippen LogP contribution in [0.1, 0.15) is 40.7 Å². The van der Waals surface area contributed by atoms with Gasteiger partial charge in [-0.1, -0.05) is 5.16 Å². The zero-order valence-electron chi connectivity index (χ0n) is 13.5. The first-order valence-electron chi connectivity index (χ1n) is 7.50. The van der Waals surface area contributed by atoms with E-state index in [1.54, 1.807) is 31.2 Å². The SMILES string of the molecule is CCOC(=O)c1ccc(NC(=O)CCc2c(C)noc2C)cc1. The molecule has 6 heteroatoms. The van der Waals surface area contributed by atoms with Gasteiger partial charge in [0.15, 0.2) is 0 Å². The van der Waals surface area contributed by atoms with Gasteiger partial charge in [-0.3, -0.25) is 4.79 Å². The molecule has 0 spiro atoms. The monoisotopic (exact) mass is 316 g/mol. The molecule has 1 heterocycles. The van der Waals surface area contributed by atoms with Crippen molar-refractivity contribution in [2.45, 2.75) is 33.6 Å². The number of esters is 1. The lowest BCUT2D eigenvalue weighted by Gasteiger charge is -2.06. The van der Waals surface area contributed by atoms with Crippen molar-refractivity contribution in [3.8, 4) is 0 Å². The van der Waals surface area contributed by atoms with Gasteiger partial charge in [-0.25, -0.2) is 4.79 Å². The number of nitrogens with zero attached hydrogens (tertiary/aromatic N) is 1. The fraction of sp³-hybridized carbons (Fsp3) is 0.353. The minimum atomic E-state index is -0.371. The van der Waals surface area contributed by atoms with Crippen LogP contribution in [0.2, 0.25) is 0 Å². The third-order valence-electron chi connectivity index (χ3n) is 3.46. The second-order valence-corrected chi connectivity index (χ2v) is 5.15. The van der Waals surface area contributed by atoms with E-state index in [-0.39, 0.29) is 11.9 Å². The summed E-state index contributed by atoms with van der Waals surface area (Å²) in [7, 11) is 0. The summed E-state index contributed by atoms with van der Waals surface area (Å²) in [5.74, 6) is 0.270. The van der Waals surface area contributed by atoms with Gasteiger partial charge in [0.2, 0.25) is 5.91 Å². The molecule has 1 aromatic carbocycles. The molecule has 0 aliphatic rings. The summed E-state index contributed by atoms with van der Waals surface area (Å²) in [6, 6.07) is 6.61. The number of benzene rings is 1. The van der Waals surface area contributed by atoms with Crippen LogP contribution in [0.25, 0.3) is 0 Å². The Balaban J connectivity index is 1.89. The van der Waals surface area contributed by atoms with E-state index in [0.29, 0.717) is 30.7 Å². The third-order valence-corrected chi connectivity index (χ3v) is 3.46. The zero-order valence-corrected chi connectivity index (χ0v) is 13.5. The Hall–Kier alpha value is -2.63. The maximum absolute atomic E-state index is 12.0. The number of aryl methyl sites for hydroxylation is 2. The molecule has 0 radical (unpaired) electrons. The predicted molar refractivity (Wildman–Crippen MR) is 85.3 cm³/mol. The van der Waals surface area contributed by atoms with Crippen LogP contribution < -0.4 is 5.32 Å². The molecule has 122 valence electrons. The van der Waals surface area contributed by atoms with Crippen LogP contribution >= 0.6 is 0 Å². The molecule has 0 bridgehead atoms. The number of hydrogen-bond donors (Lipinski definition) is 1. The number of amides is 1. The van der Waals surface area contributed by atoms with Gasteiger partial charge in [-0.2, -0.15) is 0 Å². The molecule has 6 nitrogen and oxygen atoms in total. The highest BCUT2D eigenvalue weighted by Gasteiger charge is 2.12. The van der Waals surface area contributed by atoms with Gasteiger partial charge >= 0.3 is 5.97 Å². The fourth-order valence-electron chi connectivity index (χ4n) is 2.22. The maximum Gasteiger partial charge on any atom is 0.338 e. The fourth-order valence-corrected chi connectivity index (χ4v) is 2.22. The van der Waals surface area contributed by atoms with E-state index in [9.17, 15) is 9.59 Å². The summed E-state index contributed by atoms with van der Waals surface area (Å²) in [4.78, 5) is 23.5. The van der Waals surface area contributed by atoms with Crippen molar-refractivity contribution < 1.29 is 18.8 Å². The van der Waals surface area contributed by atoms with Crippen LogP contribution in [0.5, 0.6) is 0 Å². The molecule has 0 unspecified atom stereocenters. The molecule has 0 saturated carbocycles. The van der Waals surface area contributed by atoms with Crippen LogP contribution in [-0.4, -0.2) is 23.6 Å². The number of carbonyl (C=O) groups is 2.